The second-order valence-electron chi connectivity index (χ2n) is 5.53. The van der Waals surface area contributed by atoms with Gasteiger partial charge in [-0.25, -0.2) is 4.79 Å². The summed E-state index contributed by atoms with van der Waals surface area (Å²) in [5.41, 5.74) is 2.09. The van der Waals surface area contributed by atoms with Gasteiger partial charge in [0.15, 0.2) is 11.5 Å². The predicted octanol–water partition coefficient (Wildman–Crippen LogP) is 3.84. The van der Waals surface area contributed by atoms with Gasteiger partial charge in [0.2, 0.25) is 0 Å². The number of nitrogens with one attached hydrogen (secondary N) is 1. The van der Waals surface area contributed by atoms with Crippen molar-refractivity contribution in [1.82, 2.24) is 5.32 Å². The lowest BCUT2D eigenvalue weighted by Gasteiger charge is -2.24. The molecule has 126 valence electrons. The molecule has 3 rings (SSSR count). The largest absolute Gasteiger partial charge is 0.490 e. The Hall–Kier alpha value is -2.69. The second-order valence-corrected chi connectivity index (χ2v) is 5.53. The molecule has 0 aromatic heterocycles. The summed E-state index contributed by atoms with van der Waals surface area (Å²) < 4.78 is 16.5. The fraction of sp³-hybridized carbons (Fsp3) is 0.316. The highest BCUT2D eigenvalue weighted by Crippen LogP contribution is 2.32. The Bertz CT molecular complexity index is 687. The molecule has 1 fully saturated rings. The van der Waals surface area contributed by atoms with E-state index >= 15 is 0 Å². The van der Waals surface area contributed by atoms with Crippen molar-refractivity contribution in [2.24, 2.45) is 0 Å². The minimum Gasteiger partial charge on any atom is -0.490 e. The number of alkyl carbamates (subject to hydrolysis) is 1. The summed E-state index contributed by atoms with van der Waals surface area (Å²) in [7, 11) is 0. The summed E-state index contributed by atoms with van der Waals surface area (Å²) >= 11 is 0. The Morgan fingerprint density at radius 2 is 1.96 bits per heavy atom. The Morgan fingerprint density at radius 3 is 2.71 bits per heavy atom. The maximum atomic E-state index is 11.4. The van der Waals surface area contributed by atoms with E-state index in [1.165, 1.54) is 0 Å². The van der Waals surface area contributed by atoms with Gasteiger partial charge in [-0.3, -0.25) is 0 Å². The Balaban J connectivity index is 1.75. The van der Waals surface area contributed by atoms with Crippen LogP contribution in [0.4, 0.5) is 4.79 Å². The average molecular weight is 327 g/mol. The molecule has 0 aliphatic carbocycles. The van der Waals surface area contributed by atoms with Crippen LogP contribution in [0.1, 0.15) is 30.5 Å². The summed E-state index contributed by atoms with van der Waals surface area (Å²) in [4.78, 5) is 11.4. The summed E-state index contributed by atoms with van der Waals surface area (Å²) in [6, 6.07) is 15.7. The molecule has 5 heteroatoms. The van der Waals surface area contributed by atoms with Gasteiger partial charge in [-0.05, 0) is 30.2 Å². The zero-order valence-corrected chi connectivity index (χ0v) is 13.7. The van der Waals surface area contributed by atoms with Gasteiger partial charge in [0.25, 0.3) is 0 Å². The number of ether oxygens (including phenoxy) is 3. The van der Waals surface area contributed by atoms with Gasteiger partial charge < -0.3 is 19.5 Å². The highest BCUT2D eigenvalue weighted by molar-refractivity contribution is 5.68. The highest BCUT2D eigenvalue weighted by Gasteiger charge is 2.22. The van der Waals surface area contributed by atoms with Gasteiger partial charge in [0, 0.05) is 6.42 Å². The molecule has 0 unspecified atom stereocenters. The number of rotatable bonds is 6. The standard InChI is InChI=1S/C19H21NO4/c1-2-22-18-12-15(16-10-11-23-19(21)20-16)8-9-17(18)24-13-14-6-4-3-5-7-14/h3-9,12,16H,2,10-11,13H2,1H3,(H,20,21)/t16-/m1/s1. The first-order chi connectivity index (χ1) is 11.8. The molecular formula is C19H21NO4. The number of cyclic esters (lactones) is 1. The average Bonchev–Trinajstić information content (AvgIpc) is 2.62. The highest BCUT2D eigenvalue weighted by atomic mass is 16.6. The molecular weight excluding hydrogens is 306 g/mol. The number of carbonyl (C=O) groups excluding carboxylic acids is 1. The molecule has 1 atom stereocenters. The number of carbonyl (C=O) groups is 1. The normalized spacial score (nSPS) is 16.9. The summed E-state index contributed by atoms with van der Waals surface area (Å²) in [5.74, 6) is 1.38. The maximum absolute atomic E-state index is 11.4. The van der Waals surface area contributed by atoms with E-state index in [1.54, 1.807) is 0 Å². The van der Waals surface area contributed by atoms with Crippen LogP contribution in [0.15, 0.2) is 48.5 Å². The first kappa shape index (κ1) is 16.2. The molecule has 1 aliphatic rings. The van der Waals surface area contributed by atoms with Crippen LogP contribution in [-0.4, -0.2) is 19.3 Å². The third-order valence-electron chi connectivity index (χ3n) is 3.84. The van der Waals surface area contributed by atoms with Gasteiger partial charge in [0.1, 0.15) is 6.61 Å². The zero-order valence-electron chi connectivity index (χ0n) is 13.7. The first-order valence-corrected chi connectivity index (χ1v) is 8.13. The van der Waals surface area contributed by atoms with Crippen molar-refractivity contribution in [3.05, 3.63) is 59.7 Å². The Kier molecular flexibility index (Phi) is 5.21. The van der Waals surface area contributed by atoms with Gasteiger partial charge in [-0.2, -0.15) is 0 Å². The van der Waals surface area contributed by atoms with Crippen molar-refractivity contribution in [1.29, 1.82) is 0 Å². The molecule has 0 bridgehead atoms. The van der Waals surface area contributed by atoms with E-state index in [4.69, 9.17) is 14.2 Å². The fourth-order valence-electron chi connectivity index (χ4n) is 2.64. The number of benzene rings is 2. The maximum Gasteiger partial charge on any atom is 0.407 e. The molecule has 0 spiro atoms. The van der Waals surface area contributed by atoms with Crippen LogP contribution in [0.25, 0.3) is 0 Å². The van der Waals surface area contributed by atoms with E-state index in [2.05, 4.69) is 5.32 Å². The molecule has 0 saturated carbocycles. The van der Waals surface area contributed by atoms with Crippen LogP contribution in [-0.2, 0) is 11.3 Å². The van der Waals surface area contributed by atoms with Crippen molar-refractivity contribution >= 4 is 6.09 Å². The summed E-state index contributed by atoms with van der Waals surface area (Å²) in [6.07, 6.45) is 0.357. The third kappa shape index (κ3) is 3.98. The number of hydrogen-bond donors (Lipinski definition) is 1. The number of amides is 1. The minimum absolute atomic E-state index is 0.0615. The van der Waals surface area contributed by atoms with Crippen LogP contribution in [0.3, 0.4) is 0 Å². The minimum atomic E-state index is -0.381. The van der Waals surface area contributed by atoms with E-state index in [0.29, 0.717) is 31.3 Å². The zero-order chi connectivity index (χ0) is 16.8. The second kappa shape index (κ2) is 7.73. The summed E-state index contributed by atoms with van der Waals surface area (Å²) in [5, 5.41) is 2.82. The van der Waals surface area contributed by atoms with Crippen molar-refractivity contribution in [3.8, 4) is 11.5 Å². The van der Waals surface area contributed by atoms with Gasteiger partial charge >= 0.3 is 6.09 Å². The van der Waals surface area contributed by atoms with Crippen LogP contribution >= 0.6 is 0 Å². The van der Waals surface area contributed by atoms with E-state index in [1.807, 2.05) is 55.5 Å². The van der Waals surface area contributed by atoms with Gasteiger partial charge in [-0.1, -0.05) is 36.4 Å². The molecule has 2 aromatic rings. The van der Waals surface area contributed by atoms with Crippen LogP contribution in [0.2, 0.25) is 0 Å². The van der Waals surface area contributed by atoms with Crippen LogP contribution in [0, 0.1) is 0 Å². The van der Waals surface area contributed by atoms with Crippen LogP contribution < -0.4 is 14.8 Å². The van der Waals surface area contributed by atoms with E-state index in [-0.39, 0.29) is 12.1 Å². The quantitative estimate of drug-likeness (QED) is 0.876. The Labute approximate surface area is 141 Å². The summed E-state index contributed by atoms with van der Waals surface area (Å²) in [6.45, 7) is 3.39. The molecule has 0 radical (unpaired) electrons. The van der Waals surface area contributed by atoms with Crippen molar-refractivity contribution in [2.75, 3.05) is 13.2 Å². The van der Waals surface area contributed by atoms with Gasteiger partial charge in [-0.15, -0.1) is 0 Å². The van der Waals surface area contributed by atoms with Crippen molar-refractivity contribution in [3.63, 3.8) is 0 Å². The van der Waals surface area contributed by atoms with E-state index < -0.39 is 0 Å². The lowest BCUT2D eigenvalue weighted by atomic mass is 10.0. The Morgan fingerprint density at radius 1 is 1.12 bits per heavy atom. The molecule has 24 heavy (non-hydrogen) atoms. The molecule has 1 heterocycles. The van der Waals surface area contributed by atoms with Crippen LogP contribution in [0.5, 0.6) is 11.5 Å². The molecule has 5 nitrogen and oxygen atoms in total. The number of hydrogen-bond acceptors (Lipinski definition) is 4. The molecule has 1 N–H and O–H groups in total. The van der Waals surface area contributed by atoms with E-state index in [9.17, 15) is 4.79 Å². The van der Waals surface area contributed by atoms with E-state index in [0.717, 1.165) is 17.5 Å². The lowest BCUT2D eigenvalue weighted by Crippen LogP contribution is -2.35. The molecule has 1 aliphatic heterocycles. The topological polar surface area (TPSA) is 56.8 Å². The van der Waals surface area contributed by atoms with Crippen molar-refractivity contribution < 1.29 is 19.0 Å². The molecule has 1 saturated heterocycles. The lowest BCUT2D eigenvalue weighted by molar-refractivity contribution is 0.115. The predicted molar refractivity (Wildman–Crippen MR) is 90.2 cm³/mol. The molecule has 2 aromatic carbocycles. The third-order valence-corrected chi connectivity index (χ3v) is 3.84. The monoisotopic (exact) mass is 327 g/mol. The first-order valence-electron chi connectivity index (χ1n) is 8.13. The molecule has 1 amide bonds. The fourth-order valence-corrected chi connectivity index (χ4v) is 2.64. The SMILES string of the molecule is CCOc1cc([C@H]2CCOC(=O)N2)ccc1OCc1ccccc1. The van der Waals surface area contributed by atoms with Crippen molar-refractivity contribution in [2.45, 2.75) is 26.0 Å². The smallest absolute Gasteiger partial charge is 0.407 e. The van der Waals surface area contributed by atoms with Gasteiger partial charge in [0.05, 0.1) is 19.3 Å².